The molecule has 0 unspecified atom stereocenters. The number of hydrogen-bond acceptors (Lipinski definition) is 4. The number of fused-ring (bicyclic) bond motifs is 1. The molecule has 1 aliphatic rings. The zero-order valence-electron chi connectivity index (χ0n) is 12.6. The number of esters is 1. The number of methoxy groups -OCH3 is 1. The maximum atomic E-state index is 12.4. The van der Waals surface area contributed by atoms with Crippen LogP contribution in [0, 0.1) is 6.92 Å². The number of benzene rings is 1. The maximum absolute atomic E-state index is 12.4. The lowest BCUT2D eigenvalue weighted by molar-refractivity contribution is -0.137. The largest absolute Gasteiger partial charge is 0.468 e. The van der Waals surface area contributed by atoms with Gasteiger partial charge in [-0.05, 0) is 37.0 Å². The highest BCUT2D eigenvalue weighted by Crippen LogP contribution is 2.28. The second kappa shape index (κ2) is 7.50. The van der Waals surface area contributed by atoms with Gasteiger partial charge in [0.1, 0.15) is 0 Å². The number of thioether (sulfide) groups is 1. The summed E-state index contributed by atoms with van der Waals surface area (Å²) >= 11 is 1.44. The van der Waals surface area contributed by atoms with E-state index in [9.17, 15) is 9.59 Å². The summed E-state index contributed by atoms with van der Waals surface area (Å²) < 4.78 is 4.58. The number of anilines is 1. The van der Waals surface area contributed by atoms with Crippen LogP contribution in [-0.4, -0.2) is 37.0 Å². The molecule has 0 aliphatic carbocycles. The fourth-order valence-corrected chi connectivity index (χ4v) is 3.20. The Bertz CT molecular complexity index is 530. The van der Waals surface area contributed by atoms with Crippen LogP contribution in [0.5, 0.6) is 0 Å². The molecule has 0 spiro atoms. The van der Waals surface area contributed by atoms with Crippen molar-refractivity contribution in [2.45, 2.75) is 26.2 Å². The van der Waals surface area contributed by atoms with Gasteiger partial charge in [-0.25, -0.2) is 0 Å². The van der Waals surface area contributed by atoms with E-state index in [1.165, 1.54) is 30.0 Å². The first kappa shape index (κ1) is 15.9. The van der Waals surface area contributed by atoms with Gasteiger partial charge < -0.3 is 9.64 Å². The molecule has 1 aliphatic heterocycles. The second-order valence-corrected chi connectivity index (χ2v) is 6.26. The number of ether oxygens (including phenoxy) is 1. The standard InChI is InChI=1S/C16H21NO3S/c1-12-5-6-13-4-3-8-17(14(13)10-12)15(18)7-9-21-11-16(19)20-2/h5-6,10H,3-4,7-9,11H2,1-2H3. The molecule has 2 rings (SSSR count). The summed E-state index contributed by atoms with van der Waals surface area (Å²) in [6.45, 7) is 2.83. The van der Waals surface area contributed by atoms with E-state index in [1.54, 1.807) is 0 Å². The van der Waals surface area contributed by atoms with Crippen LogP contribution >= 0.6 is 11.8 Å². The Hall–Kier alpha value is -1.49. The van der Waals surface area contributed by atoms with Crippen molar-refractivity contribution >= 4 is 29.3 Å². The maximum Gasteiger partial charge on any atom is 0.315 e. The van der Waals surface area contributed by atoms with Gasteiger partial charge in [-0.3, -0.25) is 9.59 Å². The lowest BCUT2D eigenvalue weighted by atomic mass is 9.99. The number of carbonyl (C=O) groups is 2. The molecular weight excluding hydrogens is 286 g/mol. The highest BCUT2D eigenvalue weighted by atomic mass is 32.2. The molecule has 0 aromatic heterocycles. The van der Waals surface area contributed by atoms with Gasteiger partial charge in [0.25, 0.3) is 0 Å². The van der Waals surface area contributed by atoms with E-state index in [1.807, 2.05) is 11.8 Å². The van der Waals surface area contributed by atoms with E-state index in [0.717, 1.165) is 25.1 Å². The van der Waals surface area contributed by atoms with Crippen molar-refractivity contribution < 1.29 is 14.3 Å². The minimum absolute atomic E-state index is 0.138. The lowest BCUT2D eigenvalue weighted by Crippen LogP contribution is -2.35. The zero-order chi connectivity index (χ0) is 15.2. The van der Waals surface area contributed by atoms with Crippen LogP contribution in [-0.2, 0) is 20.7 Å². The van der Waals surface area contributed by atoms with E-state index in [-0.39, 0.29) is 11.9 Å². The van der Waals surface area contributed by atoms with Crippen LogP contribution < -0.4 is 4.90 Å². The first-order valence-corrected chi connectivity index (χ1v) is 8.31. The highest BCUT2D eigenvalue weighted by Gasteiger charge is 2.22. The molecule has 21 heavy (non-hydrogen) atoms. The third-order valence-corrected chi connectivity index (χ3v) is 4.50. The molecule has 0 atom stereocenters. The van der Waals surface area contributed by atoms with Gasteiger partial charge in [-0.2, -0.15) is 0 Å². The Kier molecular flexibility index (Phi) is 5.67. The molecule has 1 amide bonds. The number of carbonyl (C=O) groups excluding carboxylic acids is 2. The van der Waals surface area contributed by atoms with Crippen molar-refractivity contribution in [3.05, 3.63) is 29.3 Å². The lowest BCUT2D eigenvalue weighted by Gasteiger charge is -2.30. The Morgan fingerprint density at radius 3 is 2.95 bits per heavy atom. The second-order valence-electron chi connectivity index (χ2n) is 5.16. The summed E-state index contributed by atoms with van der Waals surface area (Å²) in [5.74, 6) is 0.843. The predicted octanol–water partition coefficient (Wildman–Crippen LogP) is 2.57. The molecule has 0 bridgehead atoms. The molecule has 5 heteroatoms. The van der Waals surface area contributed by atoms with Crippen molar-refractivity contribution in [3.8, 4) is 0 Å². The Balaban J connectivity index is 1.92. The average molecular weight is 307 g/mol. The Morgan fingerprint density at radius 1 is 1.38 bits per heavy atom. The van der Waals surface area contributed by atoms with E-state index in [0.29, 0.717) is 17.9 Å². The van der Waals surface area contributed by atoms with Gasteiger partial charge >= 0.3 is 5.97 Å². The molecule has 4 nitrogen and oxygen atoms in total. The monoisotopic (exact) mass is 307 g/mol. The highest BCUT2D eigenvalue weighted by molar-refractivity contribution is 7.99. The fourth-order valence-electron chi connectivity index (χ4n) is 2.45. The molecule has 0 saturated carbocycles. The van der Waals surface area contributed by atoms with Crippen molar-refractivity contribution in [1.29, 1.82) is 0 Å². The predicted molar refractivity (Wildman–Crippen MR) is 85.8 cm³/mol. The summed E-state index contributed by atoms with van der Waals surface area (Å²) in [6, 6.07) is 6.31. The summed E-state index contributed by atoms with van der Waals surface area (Å²) in [4.78, 5) is 25.3. The van der Waals surface area contributed by atoms with Crippen LogP contribution in [0.4, 0.5) is 5.69 Å². The van der Waals surface area contributed by atoms with Crippen LogP contribution in [0.3, 0.4) is 0 Å². The minimum atomic E-state index is -0.244. The van der Waals surface area contributed by atoms with Crippen LogP contribution in [0.25, 0.3) is 0 Å². The summed E-state index contributed by atoms with van der Waals surface area (Å²) in [7, 11) is 1.38. The topological polar surface area (TPSA) is 46.6 Å². The molecular formula is C16H21NO3S. The number of hydrogen-bond donors (Lipinski definition) is 0. The molecule has 0 fully saturated rings. The van der Waals surface area contributed by atoms with Gasteiger partial charge in [-0.1, -0.05) is 12.1 Å². The smallest absolute Gasteiger partial charge is 0.315 e. The summed E-state index contributed by atoms with van der Waals surface area (Å²) in [5, 5.41) is 0. The first-order chi connectivity index (χ1) is 10.1. The molecule has 1 heterocycles. The van der Waals surface area contributed by atoms with Gasteiger partial charge in [-0.15, -0.1) is 11.8 Å². The molecule has 1 aromatic carbocycles. The number of aryl methyl sites for hydroxylation is 2. The molecule has 114 valence electrons. The third kappa shape index (κ3) is 4.24. The van der Waals surface area contributed by atoms with E-state index in [4.69, 9.17) is 0 Å². The minimum Gasteiger partial charge on any atom is -0.468 e. The van der Waals surface area contributed by atoms with Crippen LogP contribution in [0.1, 0.15) is 24.0 Å². The van der Waals surface area contributed by atoms with Crippen molar-refractivity contribution in [2.75, 3.05) is 30.1 Å². The van der Waals surface area contributed by atoms with E-state index >= 15 is 0 Å². The van der Waals surface area contributed by atoms with Gasteiger partial charge in [0, 0.05) is 24.4 Å². The van der Waals surface area contributed by atoms with Gasteiger partial charge in [0.05, 0.1) is 12.9 Å². The van der Waals surface area contributed by atoms with Crippen molar-refractivity contribution in [3.63, 3.8) is 0 Å². The summed E-state index contributed by atoms with van der Waals surface area (Å²) in [5.41, 5.74) is 3.49. The van der Waals surface area contributed by atoms with Crippen LogP contribution in [0.15, 0.2) is 18.2 Å². The van der Waals surface area contributed by atoms with Gasteiger partial charge in [0.2, 0.25) is 5.91 Å². The van der Waals surface area contributed by atoms with Gasteiger partial charge in [0.15, 0.2) is 0 Å². The Morgan fingerprint density at radius 2 is 2.19 bits per heavy atom. The fraction of sp³-hybridized carbons (Fsp3) is 0.500. The first-order valence-electron chi connectivity index (χ1n) is 7.16. The molecule has 0 saturated heterocycles. The average Bonchev–Trinajstić information content (AvgIpc) is 2.50. The summed E-state index contributed by atoms with van der Waals surface area (Å²) in [6.07, 6.45) is 2.50. The van der Waals surface area contributed by atoms with E-state index in [2.05, 4.69) is 22.9 Å². The number of nitrogens with zero attached hydrogens (tertiary/aromatic N) is 1. The molecule has 0 N–H and O–H groups in total. The number of rotatable bonds is 5. The molecule has 1 aromatic rings. The third-order valence-electron chi connectivity index (χ3n) is 3.57. The zero-order valence-corrected chi connectivity index (χ0v) is 13.4. The normalized spacial score (nSPS) is 13.7. The van der Waals surface area contributed by atoms with Crippen LogP contribution in [0.2, 0.25) is 0 Å². The number of amides is 1. The molecule has 0 radical (unpaired) electrons. The van der Waals surface area contributed by atoms with Crippen molar-refractivity contribution in [1.82, 2.24) is 0 Å². The van der Waals surface area contributed by atoms with Crippen molar-refractivity contribution in [2.24, 2.45) is 0 Å². The Labute approximate surface area is 129 Å². The van der Waals surface area contributed by atoms with E-state index < -0.39 is 0 Å². The quantitative estimate of drug-likeness (QED) is 0.619. The SMILES string of the molecule is COC(=O)CSCCC(=O)N1CCCc2ccc(C)cc21.